The van der Waals surface area contributed by atoms with E-state index in [2.05, 4.69) is 9.62 Å². The smallest absolute Gasteiger partial charge is 0.123 e. The fraction of sp³-hybridized carbons (Fsp3) is 0.167. The quantitative estimate of drug-likeness (QED) is 0.310. The van der Waals surface area contributed by atoms with Gasteiger partial charge in [0.05, 0.1) is 22.4 Å². The highest BCUT2D eigenvalue weighted by molar-refractivity contribution is 7.97. The molecule has 0 fully saturated rings. The number of halogens is 2. The molecule has 0 aliphatic heterocycles. The molecule has 0 saturated heterocycles. The molecule has 31 heavy (non-hydrogen) atoms. The summed E-state index contributed by atoms with van der Waals surface area (Å²) in [5, 5.41) is 0. The van der Waals surface area contributed by atoms with Crippen molar-refractivity contribution in [3.05, 3.63) is 78.4 Å². The molecule has 1 N–H and O–H groups in total. The predicted molar refractivity (Wildman–Crippen MR) is 123 cm³/mol. The molecule has 0 radical (unpaired) electrons. The van der Waals surface area contributed by atoms with E-state index in [1.54, 1.807) is 36.2 Å². The van der Waals surface area contributed by atoms with E-state index in [0.29, 0.717) is 11.4 Å². The second-order valence-corrected chi connectivity index (χ2v) is 8.35. The van der Waals surface area contributed by atoms with Crippen LogP contribution in [-0.4, -0.2) is 42.1 Å². The Kier molecular flexibility index (Phi) is 6.56. The summed E-state index contributed by atoms with van der Waals surface area (Å²) < 4.78 is 30.3. The van der Waals surface area contributed by atoms with E-state index in [9.17, 15) is 8.78 Å². The highest BCUT2D eigenvalue weighted by Crippen LogP contribution is 2.32. The van der Waals surface area contributed by atoms with Crippen molar-refractivity contribution in [2.24, 2.45) is 0 Å². The molecule has 3 aromatic carbocycles. The summed E-state index contributed by atoms with van der Waals surface area (Å²) in [4.78, 5) is 12.8. The first-order chi connectivity index (χ1) is 15.0. The third-order valence-corrected chi connectivity index (χ3v) is 5.56. The van der Waals surface area contributed by atoms with E-state index in [1.165, 1.54) is 24.3 Å². The molecule has 1 heterocycles. The molecule has 4 rings (SSSR count). The van der Waals surface area contributed by atoms with Crippen LogP contribution in [0.15, 0.2) is 71.6 Å². The lowest BCUT2D eigenvalue weighted by molar-refractivity contribution is 0.415. The van der Waals surface area contributed by atoms with Gasteiger partial charge in [0.2, 0.25) is 0 Å². The Labute approximate surface area is 184 Å². The largest absolute Gasteiger partial charge is 0.308 e. The average molecular weight is 437 g/mol. The fourth-order valence-electron chi connectivity index (χ4n) is 3.12. The molecule has 0 amide bonds. The van der Waals surface area contributed by atoms with Crippen molar-refractivity contribution < 1.29 is 8.78 Å². The number of benzene rings is 3. The normalized spacial score (nSPS) is 11.4. The Morgan fingerprint density at radius 3 is 1.87 bits per heavy atom. The van der Waals surface area contributed by atoms with Crippen molar-refractivity contribution in [3.63, 3.8) is 0 Å². The van der Waals surface area contributed by atoms with Crippen LogP contribution in [0, 0.1) is 11.6 Å². The van der Waals surface area contributed by atoms with Crippen LogP contribution in [0.25, 0.3) is 33.5 Å². The maximum Gasteiger partial charge on any atom is 0.123 e. The summed E-state index contributed by atoms with van der Waals surface area (Å²) in [6.07, 6.45) is 0. The third-order valence-electron chi connectivity index (χ3n) is 4.72. The van der Waals surface area contributed by atoms with Gasteiger partial charge in [0.25, 0.3) is 0 Å². The predicted octanol–water partition coefficient (Wildman–Crippen LogP) is 5.40. The van der Waals surface area contributed by atoms with Gasteiger partial charge in [0.15, 0.2) is 0 Å². The first-order valence-electron chi connectivity index (χ1n) is 9.88. The zero-order valence-electron chi connectivity index (χ0n) is 17.3. The Bertz CT molecular complexity index is 1180. The fourth-order valence-corrected chi connectivity index (χ4v) is 3.79. The van der Waals surface area contributed by atoms with Crippen molar-refractivity contribution in [2.45, 2.75) is 4.90 Å². The molecule has 4 nitrogen and oxygen atoms in total. The zero-order valence-corrected chi connectivity index (χ0v) is 18.1. The van der Waals surface area contributed by atoms with E-state index in [1.807, 2.05) is 32.3 Å². The van der Waals surface area contributed by atoms with E-state index in [-0.39, 0.29) is 11.6 Å². The lowest BCUT2D eigenvalue weighted by Gasteiger charge is -2.12. The van der Waals surface area contributed by atoms with E-state index >= 15 is 0 Å². The Morgan fingerprint density at radius 2 is 1.32 bits per heavy atom. The molecular weight excluding hydrogens is 414 g/mol. The summed E-state index contributed by atoms with van der Waals surface area (Å²) in [7, 11) is 4.07. The number of hydrogen-bond acceptors (Lipinski definition) is 5. The van der Waals surface area contributed by atoms with Gasteiger partial charge >= 0.3 is 0 Å². The molecule has 0 unspecified atom stereocenters. The minimum Gasteiger partial charge on any atom is -0.308 e. The molecule has 4 aromatic rings. The van der Waals surface area contributed by atoms with Crippen LogP contribution < -0.4 is 4.72 Å². The van der Waals surface area contributed by atoms with Crippen LogP contribution in [0.5, 0.6) is 0 Å². The molecule has 0 atom stereocenters. The van der Waals surface area contributed by atoms with Gasteiger partial charge in [-0.1, -0.05) is 0 Å². The summed E-state index contributed by atoms with van der Waals surface area (Å²) in [5.74, 6) is -0.632. The molecule has 0 aliphatic carbocycles. The topological polar surface area (TPSA) is 41.0 Å². The van der Waals surface area contributed by atoms with Gasteiger partial charge in [-0.15, -0.1) is 0 Å². The first-order valence-corrected chi connectivity index (χ1v) is 10.7. The van der Waals surface area contributed by atoms with Crippen LogP contribution in [0.3, 0.4) is 0 Å². The second kappa shape index (κ2) is 9.51. The molecule has 0 spiro atoms. The number of aromatic nitrogens is 2. The number of likely N-dealkylation sites (N-methyl/N-ethyl adjacent to an activating group) is 1. The minimum absolute atomic E-state index is 0.315. The van der Waals surface area contributed by atoms with Gasteiger partial charge in [-0.3, -0.25) is 4.72 Å². The average Bonchev–Trinajstić information content (AvgIpc) is 2.77. The van der Waals surface area contributed by atoms with Gasteiger partial charge in [0.1, 0.15) is 11.6 Å². The summed E-state index contributed by atoms with van der Waals surface area (Å²) in [5.41, 5.74) is 4.23. The molecule has 0 saturated carbocycles. The number of nitrogens with one attached hydrogen (secondary N) is 1. The molecule has 0 bridgehead atoms. The monoisotopic (exact) mass is 436 g/mol. The highest BCUT2D eigenvalue weighted by Gasteiger charge is 2.14. The van der Waals surface area contributed by atoms with E-state index < -0.39 is 0 Å². The van der Waals surface area contributed by atoms with Crippen LogP contribution in [0.2, 0.25) is 0 Å². The second-order valence-electron chi connectivity index (χ2n) is 7.38. The molecule has 0 aliphatic rings. The summed E-state index contributed by atoms with van der Waals surface area (Å²) in [6, 6.07) is 18.2. The van der Waals surface area contributed by atoms with Crippen LogP contribution in [0.4, 0.5) is 8.78 Å². The highest BCUT2D eigenvalue weighted by atomic mass is 32.2. The minimum atomic E-state index is -0.316. The van der Waals surface area contributed by atoms with Crippen molar-refractivity contribution in [3.8, 4) is 22.5 Å². The van der Waals surface area contributed by atoms with Gasteiger partial charge in [-0.25, -0.2) is 18.7 Å². The number of rotatable bonds is 7. The van der Waals surface area contributed by atoms with Crippen LogP contribution in [-0.2, 0) is 0 Å². The zero-order chi connectivity index (χ0) is 21.8. The Balaban J connectivity index is 1.75. The lowest BCUT2D eigenvalue weighted by Crippen LogP contribution is -2.22. The van der Waals surface area contributed by atoms with Gasteiger partial charge in [0, 0.05) is 29.1 Å². The van der Waals surface area contributed by atoms with Crippen molar-refractivity contribution in [1.82, 2.24) is 19.6 Å². The maximum atomic E-state index is 13.5. The Morgan fingerprint density at radius 1 is 0.774 bits per heavy atom. The van der Waals surface area contributed by atoms with E-state index in [0.717, 1.165) is 40.1 Å². The molecular formula is C24H22F2N4S. The van der Waals surface area contributed by atoms with Gasteiger partial charge in [-0.2, -0.15) is 0 Å². The molecule has 158 valence electrons. The summed E-state index contributed by atoms with van der Waals surface area (Å²) in [6.45, 7) is 1.79. The number of hydrogen-bond donors (Lipinski definition) is 1. The van der Waals surface area contributed by atoms with Crippen LogP contribution in [0.1, 0.15) is 0 Å². The SMILES string of the molecule is CN(C)CCNSc1ccc2nc(-c3ccc(F)cc3)c(-c3ccc(F)cc3)nc2c1. The van der Waals surface area contributed by atoms with Gasteiger partial charge < -0.3 is 4.90 Å². The summed E-state index contributed by atoms with van der Waals surface area (Å²) >= 11 is 1.55. The lowest BCUT2D eigenvalue weighted by atomic mass is 10.0. The molecule has 1 aromatic heterocycles. The third kappa shape index (κ3) is 5.25. The van der Waals surface area contributed by atoms with Gasteiger partial charge in [-0.05, 0) is 92.8 Å². The number of fused-ring (bicyclic) bond motifs is 1. The Hall–Kier alpha value is -2.87. The van der Waals surface area contributed by atoms with E-state index in [4.69, 9.17) is 9.97 Å². The number of nitrogens with zero attached hydrogens (tertiary/aromatic N) is 3. The van der Waals surface area contributed by atoms with Crippen molar-refractivity contribution >= 4 is 23.0 Å². The molecule has 7 heteroatoms. The maximum absolute atomic E-state index is 13.5. The van der Waals surface area contributed by atoms with Crippen molar-refractivity contribution in [1.29, 1.82) is 0 Å². The standard InChI is InChI=1S/C24H22F2N4S/c1-30(2)14-13-27-31-20-11-12-21-22(15-20)29-24(17-5-9-19(26)10-6-17)23(28-21)16-3-7-18(25)8-4-16/h3-12,15,27H,13-14H2,1-2H3. The first kappa shape index (κ1) is 21.4. The van der Waals surface area contributed by atoms with Crippen LogP contribution >= 0.6 is 11.9 Å². The van der Waals surface area contributed by atoms with Crippen molar-refractivity contribution in [2.75, 3.05) is 27.2 Å².